The molecule has 0 saturated heterocycles. The van der Waals surface area contributed by atoms with Crippen molar-refractivity contribution in [2.45, 2.75) is 64.7 Å². The molecule has 3 nitrogen and oxygen atoms in total. The van der Waals surface area contributed by atoms with Gasteiger partial charge in [-0.2, -0.15) is 35.9 Å². The summed E-state index contributed by atoms with van der Waals surface area (Å²) in [5.74, 6) is 0. The predicted octanol–water partition coefficient (Wildman–Crippen LogP) is 4.50. The first-order valence-corrected chi connectivity index (χ1v) is 11.4. The molecule has 0 aliphatic rings. The quantitative estimate of drug-likeness (QED) is 0.127. The van der Waals surface area contributed by atoms with Gasteiger partial charge in [0.05, 0.1) is 0 Å². The smallest absolute Gasteiger partial charge is 0.415 e. The normalized spacial score (nSPS) is 8.31. The molecule has 164 valence electrons. The third-order valence-corrected chi connectivity index (χ3v) is 3.07. The zero-order chi connectivity index (χ0) is 22.2. The fourth-order valence-electron chi connectivity index (χ4n) is 2.04. The Morgan fingerprint density at radius 3 is 1.52 bits per heavy atom. The van der Waals surface area contributed by atoms with Crippen molar-refractivity contribution >= 4 is 87.5 Å². The Morgan fingerprint density at radius 1 is 0.793 bits per heavy atom. The maximum absolute atomic E-state index is 4.66. The molecule has 0 saturated carbocycles. The summed E-state index contributed by atoms with van der Waals surface area (Å²) in [5, 5.41) is 0. The van der Waals surface area contributed by atoms with Gasteiger partial charge in [0.1, 0.15) is 0 Å². The number of aryl methyl sites for hydroxylation is 1. The van der Waals surface area contributed by atoms with Crippen molar-refractivity contribution in [2.75, 3.05) is 0 Å². The van der Waals surface area contributed by atoms with E-state index in [0.717, 1.165) is 0 Å². The van der Waals surface area contributed by atoms with Gasteiger partial charge in [-0.3, -0.25) is 0 Å². The van der Waals surface area contributed by atoms with Gasteiger partial charge in [-0.05, 0) is 0 Å². The largest absolute Gasteiger partial charge is 4.00 e. The van der Waals surface area contributed by atoms with Crippen molar-refractivity contribution < 1.29 is 21.1 Å². The SMILES string of the molecule is CCCCCCCCCCc1[c-]cccc1.NC(=S)[S-].NC(=S)[S-].NC(=S)[S-].[Mo+4]. The first-order valence-electron chi connectivity index (χ1n) is 8.98. The zero-order valence-electron chi connectivity index (χ0n) is 16.8. The summed E-state index contributed by atoms with van der Waals surface area (Å²) in [7, 11) is 0. The summed E-state index contributed by atoms with van der Waals surface area (Å²) in [5.41, 5.74) is 15.3. The van der Waals surface area contributed by atoms with E-state index < -0.39 is 0 Å². The average molecular weight is 590 g/mol. The van der Waals surface area contributed by atoms with Gasteiger partial charge < -0.3 is 91.7 Å². The number of hydrogen-bond acceptors (Lipinski definition) is 6. The van der Waals surface area contributed by atoms with E-state index in [-0.39, 0.29) is 34.0 Å². The van der Waals surface area contributed by atoms with Gasteiger partial charge in [-0.1, -0.05) is 77.7 Å². The summed E-state index contributed by atoms with van der Waals surface area (Å²) in [4.78, 5) is 0. The third-order valence-electron chi connectivity index (χ3n) is 3.07. The fraction of sp³-hybridized carbons (Fsp3) is 0.526. The molecule has 0 bridgehead atoms. The van der Waals surface area contributed by atoms with Gasteiger partial charge in [0.25, 0.3) is 0 Å². The van der Waals surface area contributed by atoms with Crippen LogP contribution in [0.5, 0.6) is 0 Å². The minimum absolute atomic E-state index is 0. The van der Waals surface area contributed by atoms with E-state index in [0.29, 0.717) is 0 Å². The molecule has 1 aromatic rings. The molecule has 0 fully saturated rings. The van der Waals surface area contributed by atoms with Crippen molar-refractivity contribution in [3.8, 4) is 0 Å². The molecule has 1 rings (SSSR count). The molecule has 0 atom stereocenters. The van der Waals surface area contributed by atoms with E-state index in [9.17, 15) is 0 Å². The molecule has 0 aromatic heterocycles. The number of hydrogen-bond donors (Lipinski definition) is 3. The molecule has 0 heterocycles. The summed E-state index contributed by atoms with van der Waals surface area (Å²) >= 11 is 24.8. The first-order chi connectivity index (χ1) is 13.1. The molecule has 6 N–H and O–H groups in total. The Labute approximate surface area is 224 Å². The van der Waals surface area contributed by atoms with Gasteiger partial charge in [-0.25, -0.2) is 0 Å². The maximum Gasteiger partial charge on any atom is 4.00 e. The number of thiocarbonyl (C=S) groups is 3. The maximum atomic E-state index is 4.66. The zero-order valence-corrected chi connectivity index (χ0v) is 23.7. The van der Waals surface area contributed by atoms with Crippen LogP contribution in [0.15, 0.2) is 24.3 Å². The van der Waals surface area contributed by atoms with Gasteiger partial charge >= 0.3 is 21.1 Å². The topological polar surface area (TPSA) is 78.1 Å². The molecule has 1 aromatic carbocycles. The Hall–Kier alpha value is 0.238. The van der Waals surface area contributed by atoms with E-state index in [1.165, 1.54) is 63.4 Å². The monoisotopic (exact) mass is 591 g/mol. The van der Waals surface area contributed by atoms with E-state index in [1.54, 1.807) is 0 Å². The summed E-state index contributed by atoms with van der Waals surface area (Å²) < 4.78 is 0.250. The van der Waals surface area contributed by atoms with Crippen LogP contribution in [0.3, 0.4) is 0 Å². The second-order valence-electron chi connectivity index (χ2n) is 5.57. The van der Waals surface area contributed by atoms with E-state index >= 15 is 0 Å². The number of rotatable bonds is 9. The number of benzene rings is 1. The Balaban J connectivity index is -0.000000199. The second-order valence-corrected chi connectivity index (χ2v) is 8.98. The van der Waals surface area contributed by atoms with E-state index in [1.807, 2.05) is 12.1 Å². The first kappa shape index (κ1) is 36.6. The molecular weight excluding hydrogens is 559 g/mol. The molecule has 0 spiro atoms. The van der Waals surface area contributed by atoms with Gasteiger partial charge in [0, 0.05) is 0 Å². The average Bonchev–Trinajstić information content (AvgIpc) is 2.57. The molecule has 0 radical (unpaired) electrons. The van der Waals surface area contributed by atoms with Gasteiger partial charge in [0.2, 0.25) is 0 Å². The van der Waals surface area contributed by atoms with Gasteiger partial charge in [0.15, 0.2) is 0 Å². The Bertz CT molecular complexity index is 463. The summed E-state index contributed by atoms with van der Waals surface area (Å²) in [6.07, 6.45) is 12.4. The Morgan fingerprint density at radius 2 is 1.17 bits per heavy atom. The fourth-order valence-corrected chi connectivity index (χ4v) is 2.04. The molecule has 0 amide bonds. The Kier molecular flexibility index (Phi) is 38.4. The number of nitrogens with two attached hydrogens (primary N) is 3. The van der Waals surface area contributed by atoms with Gasteiger partial charge in [-0.15, -0.1) is 0 Å². The van der Waals surface area contributed by atoms with Crippen LogP contribution in [-0.4, -0.2) is 13.0 Å². The van der Waals surface area contributed by atoms with Crippen LogP contribution in [0.25, 0.3) is 0 Å². The van der Waals surface area contributed by atoms with Crippen LogP contribution in [0.1, 0.15) is 63.9 Å². The summed E-state index contributed by atoms with van der Waals surface area (Å²) in [6, 6.07) is 11.6. The molecule has 0 aliphatic carbocycles. The standard InChI is InChI=1S/C16H25.3CH3NS2.Mo/c1-2-3-4-5-6-7-8-10-13-16-14-11-9-12-15-16;3*2-1(3)4;/h9,11-12,14H,2-8,10,13H2,1H3;3*(H3,2,3,4);/q-1;;;;+4/p-3. The van der Waals surface area contributed by atoms with Crippen LogP contribution in [-0.2, 0) is 65.4 Å². The molecule has 10 heteroatoms. The van der Waals surface area contributed by atoms with E-state index in [4.69, 9.17) is 0 Å². The van der Waals surface area contributed by atoms with Crippen molar-refractivity contribution in [3.05, 3.63) is 35.9 Å². The van der Waals surface area contributed by atoms with Crippen LogP contribution in [0.4, 0.5) is 0 Å². The van der Waals surface area contributed by atoms with Crippen LogP contribution >= 0.6 is 36.7 Å². The van der Waals surface area contributed by atoms with Crippen LogP contribution in [0, 0.1) is 6.07 Å². The molecule has 0 aliphatic heterocycles. The molecular formula is C19H31MoN3S6. The van der Waals surface area contributed by atoms with Crippen molar-refractivity contribution in [1.82, 2.24) is 0 Å². The van der Waals surface area contributed by atoms with Crippen LogP contribution < -0.4 is 17.2 Å². The molecule has 0 unspecified atom stereocenters. The second kappa shape index (κ2) is 30.4. The minimum atomic E-state index is 0. The van der Waals surface area contributed by atoms with Crippen LogP contribution in [0.2, 0.25) is 0 Å². The predicted molar refractivity (Wildman–Crippen MR) is 144 cm³/mol. The minimum Gasteiger partial charge on any atom is -0.415 e. The van der Waals surface area contributed by atoms with Crippen molar-refractivity contribution in [3.63, 3.8) is 0 Å². The van der Waals surface area contributed by atoms with Crippen molar-refractivity contribution in [1.29, 1.82) is 0 Å². The summed E-state index contributed by atoms with van der Waals surface area (Å²) in [6.45, 7) is 2.27. The number of unbranched alkanes of at least 4 members (excludes halogenated alkanes) is 7. The molecule has 29 heavy (non-hydrogen) atoms. The van der Waals surface area contributed by atoms with Crippen molar-refractivity contribution in [2.24, 2.45) is 17.2 Å². The third kappa shape index (κ3) is 58.4. The van der Waals surface area contributed by atoms with E-state index in [2.05, 4.69) is 117 Å².